The Kier molecular flexibility index (Phi) is 6.04. The summed E-state index contributed by atoms with van der Waals surface area (Å²) < 4.78 is 15.2. The highest BCUT2D eigenvalue weighted by atomic mass is 32.2. The standard InChI is InChI=1S/C30H32FN3O2S2/c1-34-27(36)25(38-29(34)33-28-32-5-6-37-28)11-17-3-2-4-21(10-17)22-12-23(26(35)24(31)13-22)30-14-18-7-19(15-30)9-20(8-18)16-30/h2-4,10-13,18-20,29,35H,5-9,14-16H2,1H3,(H,32,33)/b25-11-. The largest absolute Gasteiger partial charge is 0.505 e. The van der Waals surface area contributed by atoms with Crippen molar-refractivity contribution in [3.05, 3.63) is 58.2 Å². The van der Waals surface area contributed by atoms with Gasteiger partial charge in [0.2, 0.25) is 0 Å². The minimum atomic E-state index is -0.540. The van der Waals surface area contributed by atoms with Crippen LogP contribution in [0, 0.1) is 23.6 Å². The van der Waals surface area contributed by atoms with E-state index in [2.05, 4.69) is 10.3 Å². The maximum Gasteiger partial charge on any atom is 0.262 e. The zero-order valence-electron chi connectivity index (χ0n) is 21.5. The minimum Gasteiger partial charge on any atom is -0.505 e. The first-order valence-corrected chi connectivity index (χ1v) is 15.5. The Labute approximate surface area is 231 Å². The third kappa shape index (κ3) is 4.24. The number of phenols is 1. The fourth-order valence-corrected chi connectivity index (χ4v) is 9.79. The summed E-state index contributed by atoms with van der Waals surface area (Å²) in [6.07, 6.45) is 9.00. The van der Waals surface area contributed by atoms with E-state index in [1.165, 1.54) is 37.1 Å². The molecule has 1 unspecified atom stereocenters. The predicted molar refractivity (Wildman–Crippen MR) is 153 cm³/mol. The zero-order chi connectivity index (χ0) is 26.0. The molecule has 198 valence electrons. The van der Waals surface area contributed by atoms with Crippen molar-refractivity contribution < 1.29 is 14.3 Å². The van der Waals surface area contributed by atoms with Crippen LogP contribution in [-0.4, -0.2) is 45.9 Å². The molecule has 6 aliphatic rings. The highest BCUT2D eigenvalue weighted by molar-refractivity contribution is 8.14. The molecule has 2 aromatic rings. The number of hydrogen-bond acceptors (Lipinski definition) is 6. The molecule has 0 radical (unpaired) electrons. The molecule has 0 spiro atoms. The topological polar surface area (TPSA) is 64.9 Å². The van der Waals surface area contributed by atoms with Gasteiger partial charge in [0.1, 0.15) is 0 Å². The van der Waals surface area contributed by atoms with Crippen molar-refractivity contribution in [1.29, 1.82) is 0 Å². The molecule has 0 aromatic heterocycles. The number of rotatable bonds is 4. The van der Waals surface area contributed by atoms with Crippen LogP contribution in [0.3, 0.4) is 0 Å². The van der Waals surface area contributed by atoms with Gasteiger partial charge in [0, 0.05) is 18.4 Å². The second-order valence-corrected chi connectivity index (χ2v) is 14.0. The van der Waals surface area contributed by atoms with E-state index in [-0.39, 0.29) is 22.6 Å². The third-order valence-corrected chi connectivity index (χ3v) is 11.3. The third-order valence-electron chi connectivity index (χ3n) is 9.14. The van der Waals surface area contributed by atoms with E-state index in [9.17, 15) is 9.90 Å². The van der Waals surface area contributed by atoms with Crippen molar-refractivity contribution in [2.75, 3.05) is 19.3 Å². The van der Waals surface area contributed by atoms with Crippen LogP contribution in [0.4, 0.5) is 4.39 Å². The molecular weight excluding hydrogens is 517 g/mol. The molecule has 2 aliphatic heterocycles. The number of halogens is 1. The lowest BCUT2D eigenvalue weighted by atomic mass is 9.48. The maximum atomic E-state index is 15.2. The van der Waals surface area contributed by atoms with Gasteiger partial charge in [-0.25, -0.2) is 4.39 Å². The molecule has 1 saturated heterocycles. The number of benzene rings is 2. The molecule has 1 atom stereocenters. The number of carbonyl (C=O) groups is 1. The van der Waals surface area contributed by atoms with E-state index >= 15 is 4.39 Å². The molecule has 2 aromatic carbocycles. The van der Waals surface area contributed by atoms with Crippen LogP contribution in [0.25, 0.3) is 17.2 Å². The van der Waals surface area contributed by atoms with Crippen LogP contribution in [-0.2, 0) is 10.2 Å². The minimum absolute atomic E-state index is 0.0266. The van der Waals surface area contributed by atoms with Gasteiger partial charge in [-0.1, -0.05) is 41.7 Å². The molecule has 4 bridgehead atoms. The average molecular weight is 550 g/mol. The molecule has 2 N–H and O–H groups in total. The summed E-state index contributed by atoms with van der Waals surface area (Å²) in [4.78, 5) is 19.8. The molecule has 5 fully saturated rings. The first-order valence-electron chi connectivity index (χ1n) is 13.6. The normalized spacial score (nSPS) is 32.9. The average Bonchev–Trinajstić information content (AvgIpc) is 3.49. The smallest absolute Gasteiger partial charge is 0.262 e. The monoisotopic (exact) mass is 549 g/mol. The fraction of sp³-hybridized carbons (Fsp3) is 0.467. The lowest BCUT2D eigenvalue weighted by Gasteiger charge is -2.57. The van der Waals surface area contributed by atoms with Crippen LogP contribution in [0.5, 0.6) is 5.75 Å². The molecule has 38 heavy (non-hydrogen) atoms. The van der Waals surface area contributed by atoms with Crippen LogP contribution in [0.1, 0.15) is 49.7 Å². The van der Waals surface area contributed by atoms with E-state index in [4.69, 9.17) is 0 Å². The van der Waals surface area contributed by atoms with E-state index in [0.717, 1.165) is 59.0 Å². The summed E-state index contributed by atoms with van der Waals surface area (Å²) in [5.74, 6) is 2.37. The number of thioether (sulfide) groups is 2. The number of phenolic OH excluding ortho intramolecular Hbond substituents is 1. The lowest BCUT2D eigenvalue weighted by Crippen LogP contribution is -2.48. The molecular formula is C30H32FN3O2S2. The second kappa shape index (κ2) is 9.33. The SMILES string of the molecule is CN1C(=O)/C(=C/c2cccc(-c3cc(F)c(O)c(C45CC6CC(CC(C6)C4)C5)c3)c2)SC1NC1=NCCS1. The van der Waals surface area contributed by atoms with Gasteiger partial charge < -0.3 is 15.3 Å². The van der Waals surface area contributed by atoms with Gasteiger partial charge in [0.05, 0.1) is 11.4 Å². The van der Waals surface area contributed by atoms with Crippen LogP contribution in [0.15, 0.2) is 46.3 Å². The molecule has 4 aliphatic carbocycles. The van der Waals surface area contributed by atoms with E-state index in [0.29, 0.717) is 22.7 Å². The number of carbonyl (C=O) groups excluding carboxylic acids is 1. The van der Waals surface area contributed by atoms with Gasteiger partial charge >= 0.3 is 0 Å². The highest BCUT2D eigenvalue weighted by Gasteiger charge is 2.52. The molecule has 2 heterocycles. The van der Waals surface area contributed by atoms with Crippen LogP contribution in [0.2, 0.25) is 0 Å². The summed E-state index contributed by atoms with van der Waals surface area (Å²) in [5.41, 5.74) is 3.08. The zero-order valence-corrected chi connectivity index (χ0v) is 23.1. The van der Waals surface area contributed by atoms with Crippen molar-refractivity contribution in [2.45, 2.75) is 49.4 Å². The van der Waals surface area contributed by atoms with Gasteiger partial charge in [0.15, 0.2) is 22.2 Å². The fourth-order valence-electron chi connectivity index (χ4n) is 7.85. The number of nitrogens with one attached hydrogen (secondary N) is 1. The van der Waals surface area contributed by atoms with Crippen molar-refractivity contribution in [3.8, 4) is 16.9 Å². The van der Waals surface area contributed by atoms with Crippen LogP contribution < -0.4 is 5.32 Å². The Bertz CT molecular complexity index is 1340. The Morgan fingerprint density at radius 3 is 2.53 bits per heavy atom. The lowest BCUT2D eigenvalue weighted by molar-refractivity contribution is -0.124. The maximum absolute atomic E-state index is 15.2. The molecule has 8 rings (SSSR count). The highest BCUT2D eigenvalue weighted by Crippen LogP contribution is 2.62. The number of aliphatic imine (C=N–C) groups is 1. The van der Waals surface area contributed by atoms with E-state index in [1.807, 2.05) is 36.4 Å². The number of hydrogen-bond donors (Lipinski definition) is 2. The molecule has 4 saturated carbocycles. The molecule has 1 amide bonds. The van der Waals surface area contributed by atoms with Gasteiger partial charge in [-0.15, -0.1) is 0 Å². The summed E-state index contributed by atoms with van der Waals surface area (Å²) in [5, 5.41) is 15.2. The predicted octanol–water partition coefficient (Wildman–Crippen LogP) is 6.19. The molecule has 5 nitrogen and oxygen atoms in total. The summed E-state index contributed by atoms with van der Waals surface area (Å²) in [6.45, 7) is 0.806. The Morgan fingerprint density at radius 1 is 1.11 bits per heavy atom. The van der Waals surface area contributed by atoms with Gasteiger partial charge in [0.25, 0.3) is 5.91 Å². The van der Waals surface area contributed by atoms with Crippen molar-refractivity contribution >= 4 is 40.7 Å². The first kappa shape index (κ1) is 24.6. The molecule has 8 heteroatoms. The Balaban J connectivity index is 1.19. The van der Waals surface area contributed by atoms with Gasteiger partial charge in [-0.2, -0.15) is 0 Å². The Morgan fingerprint density at radius 2 is 1.84 bits per heavy atom. The van der Waals surface area contributed by atoms with Crippen molar-refractivity contribution in [3.63, 3.8) is 0 Å². The first-order chi connectivity index (χ1) is 18.4. The second-order valence-electron chi connectivity index (χ2n) is 11.8. The number of likely N-dealkylation sites (N-methyl/N-ethyl adjacent to an activating group) is 1. The number of amides is 1. The Hall–Kier alpha value is -2.45. The number of nitrogens with zero attached hydrogens (tertiary/aromatic N) is 2. The summed E-state index contributed by atoms with van der Waals surface area (Å²) in [6, 6.07) is 11.4. The number of aromatic hydroxyl groups is 1. The van der Waals surface area contributed by atoms with Crippen LogP contribution >= 0.6 is 23.5 Å². The van der Waals surface area contributed by atoms with E-state index < -0.39 is 5.82 Å². The van der Waals surface area contributed by atoms with Crippen molar-refractivity contribution in [2.24, 2.45) is 22.7 Å². The number of amidine groups is 1. The summed E-state index contributed by atoms with van der Waals surface area (Å²) in [7, 11) is 1.80. The quantitative estimate of drug-likeness (QED) is 0.446. The summed E-state index contributed by atoms with van der Waals surface area (Å²) >= 11 is 3.17. The van der Waals surface area contributed by atoms with Gasteiger partial charge in [-0.05, 0) is 103 Å². The van der Waals surface area contributed by atoms with E-state index in [1.54, 1.807) is 23.7 Å². The van der Waals surface area contributed by atoms with Crippen molar-refractivity contribution in [1.82, 2.24) is 10.2 Å². The van der Waals surface area contributed by atoms with Gasteiger partial charge in [-0.3, -0.25) is 9.79 Å².